The minimum absolute atomic E-state index is 0.103. The third kappa shape index (κ3) is 4.74. The largest absolute Gasteiger partial charge is 0.313 e. The predicted octanol–water partition coefficient (Wildman–Crippen LogP) is 4.36. The summed E-state index contributed by atoms with van der Waals surface area (Å²) >= 11 is 1.64. The Kier molecular flexibility index (Phi) is 7.09. The minimum Gasteiger partial charge on any atom is -0.313 e. The van der Waals surface area contributed by atoms with Crippen LogP contribution in [-0.4, -0.2) is 35.4 Å². The zero-order valence-electron chi connectivity index (χ0n) is 20.1. The van der Waals surface area contributed by atoms with Crippen LogP contribution in [0.4, 0.5) is 11.4 Å². The first kappa shape index (κ1) is 24.0. The molecular formula is C26H31N5O2S. The van der Waals surface area contributed by atoms with Crippen molar-refractivity contribution in [3.8, 4) is 0 Å². The molecule has 0 saturated heterocycles. The van der Waals surface area contributed by atoms with E-state index in [9.17, 15) is 9.59 Å². The van der Waals surface area contributed by atoms with Crippen molar-refractivity contribution in [2.24, 2.45) is 5.41 Å². The fraction of sp³-hybridized carbons (Fsp3) is 0.385. The lowest BCUT2D eigenvalue weighted by Crippen LogP contribution is -2.47. The van der Waals surface area contributed by atoms with Crippen LogP contribution in [-0.2, 0) is 22.6 Å². The number of fused-ring (bicyclic) bond motifs is 1. The van der Waals surface area contributed by atoms with Crippen LogP contribution in [0.2, 0.25) is 0 Å². The zero-order valence-corrected chi connectivity index (χ0v) is 20.9. The number of thiazole rings is 1. The number of aromatic nitrogens is 2. The quantitative estimate of drug-likeness (QED) is 0.488. The maximum Gasteiger partial charge on any atom is 0.242 e. The van der Waals surface area contributed by atoms with E-state index in [0.29, 0.717) is 13.1 Å². The molecule has 1 aromatic carbocycles. The first-order valence-corrected chi connectivity index (χ1v) is 12.5. The van der Waals surface area contributed by atoms with Crippen molar-refractivity contribution in [3.63, 3.8) is 0 Å². The van der Waals surface area contributed by atoms with E-state index in [1.807, 2.05) is 49.0 Å². The highest BCUT2D eigenvalue weighted by Gasteiger charge is 2.45. The van der Waals surface area contributed by atoms with Crippen LogP contribution in [0.15, 0.2) is 54.3 Å². The molecule has 1 aliphatic heterocycles. The van der Waals surface area contributed by atoms with Gasteiger partial charge in [-0.05, 0) is 62.9 Å². The van der Waals surface area contributed by atoms with Gasteiger partial charge in [0.15, 0.2) is 0 Å². The van der Waals surface area contributed by atoms with Gasteiger partial charge < -0.3 is 15.1 Å². The molecular weight excluding hydrogens is 446 g/mol. The molecule has 3 heterocycles. The van der Waals surface area contributed by atoms with Crippen molar-refractivity contribution in [3.05, 3.63) is 70.4 Å². The first-order chi connectivity index (χ1) is 16.3. The monoisotopic (exact) mass is 477 g/mol. The van der Waals surface area contributed by atoms with Crippen LogP contribution in [0.5, 0.6) is 0 Å². The molecule has 178 valence electrons. The smallest absolute Gasteiger partial charge is 0.242 e. The topological polar surface area (TPSA) is 78.4 Å². The molecule has 0 radical (unpaired) electrons. The summed E-state index contributed by atoms with van der Waals surface area (Å²) in [6.45, 7) is 6.46. The molecule has 0 fully saturated rings. The van der Waals surface area contributed by atoms with Crippen LogP contribution in [0.25, 0.3) is 0 Å². The number of nitrogens with zero attached hydrogens (tertiary/aromatic N) is 4. The lowest BCUT2D eigenvalue weighted by Gasteiger charge is -2.27. The van der Waals surface area contributed by atoms with Crippen LogP contribution in [0, 0.1) is 5.41 Å². The van der Waals surface area contributed by atoms with E-state index in [0.717, 1.165) is 34.8 Å². The fourth-order valence-electron chi connectivity index (χ4n) is 4.37. The lowest BCUT2D eigenvalue weighted by atomic mass is 9.90. The normalized spacial score (nSPS) is 16.4. The maximum absolute atomic E-state index is 13.1. The number of amides is 2. The van der Waals surface area contributed by atoms with Gasteiger partial charge in [0.05, 0.1) is 17.4 Å². The molecule has 34 heavy (non-hydrogen) atoms. The van der Waals surface area contributed by atoms with Gasteiger partial charge in [0.1, 0.15) is 10.4 Å². The third-order valence-electron chi connectivity index (χ3n) is 6.37. The van der Waals surface area contributed by atoms with Crippen molar-refractivity contribution >= 4 is 34.5 Å². The number of hydrogen-bond acceptors (Lipinski definition) is 6. The van der Waals surface area contributed by atoms with Crippen molar-refractivity contribution in [2.45, 2.75) is 46.2 Å². The summed E-state index contributed by atoms with van der Waals surface area (Å²) in [6.07, 6.45) is 7.32. The molecule has 7 nitrogen and oxygen atoms in total. The summed E-state index contributed by atoms with van der Waals surface area (Å²) in [6, 6.07) is 10.1. The third-order valence-corrected chi connectivity index (χ3v) is 7.26. The second kappa shape index (κ2) is 10.0. The Balaban J connectivity index is 1.55. The van der Waals surface area contributed by atoms with E-state index in [4.69, 9.17) is 0 Å². The number of hydrogen-bond donors (Lipinski definition) is 1. The Bertz CT molecular complexity index is 1150. The molecule has 2 aromatic heterocycles. The zero-order chi connectivity index (χ0) is 24.3. The number of pyridine rings is 1. The summed E-state index contributed by atoms with van der Waals surface area (Å²) in [4.78, 5) is 38.3. The van der Waals surface area contributed by atoms with E-state index >= 15 is 0 Å². The van der Waals surface area contributed by atoms with E-state index in [1.54, 1.807) is 48.2 Å². The molecule has 0 saturated carbocycles. The number of benzene rings is 1. The predicted molar refractivity (Wildman–Crippen MR) is 136 cm³/mol. The van der Waals surface area contributed by atoms with Crippen LogP contribution in [0.3, 0.4) is 0 Å². The molecule has 2 amide bonds. The Labute approximate surface area is 204 Å². The number of carbonyl (C=O) groups excluding carboxylic acids is 2. The van der Waals surface area contributed by atoms with E-state index in [2.05, 4.69) is 21.4 Å². The van der Waals surface area contributed by atoms with E-state index in [-0.39, 0.29) is 17.9 Å². The SMILES string of the molecule is CCN1C(=O)C(C)(C)C(=O)N(C)c2cc(CNC(CCc3cccnc3)c3nccs3)ccc21. The highest BCUT2D eigenvalue weighted by atomic mass is 32.1. The molecule has 0 spiro atoms. The summed E-state index contributed by atoms with van der Waals surface area (Å²) in [5.74, 6) is -0.368. The van der Waals surface area contributed by atoms with Gasteiger partial charge in [-0.1, -0.05) is 12.1 Å². The molecule has 1 unspecified atom stereocenters. The second-order valence-corrected chi connectivity index (χ2v) is 9.99. The minimum atomic E-state index is -1.11. The molecule has 1 aliphatic rings. The second-order valence-electron chi connectivity index (χ2n) is 9.07. The van der Waals surface area contributed by atoms with Gasteiger partial charge in [0.2, 0.25) is 11.8 Å². The van der Waals surface area contributed by atoms with Crippen LogP contribution < -0.4 is 15.1 Å². The molecule has 8 heteroatoms. The van der Waals surface area contributed by atoms with Gasteiger partial charge in [0, 0.05) is 44.1 Å². The molecule has 0 aliphatic carbocycles. The average molecular weight is 478 g/mol. The number of rotatable bonds is 8. The summed E-state index contributed by atoms with van der Waals surface area (Å²) < 4.78 is 0. The first-order valence-electron chi connectivity index (χ1n) is 11.6. The summed E-state index contributed by atoms with van der Waals surface area (Å²) in [7, 11) is 1.75. The van der Waals surface area contributed by atoms with E-state index < -0.39 is 5.41 Å². The van der Waals surface area contributed by atoms with E-state index in [1.165, 1.54) is 5.56 Å². The van der Waals surface area contributed by atoms with Crippen LogP contribution in [0.1, 0.15) is 49.4 Å². The Hall–Kier alpha value is -3.10. The van der Waals surface area contributed by atoms with Crippen molar-refractivity contribution in [2.75, 3.05) is 23.4 Å². The highest BCUT2D eigenvalue weighted by molar-refractivity contribution is 7.09. The highest BCUT2D eigenvalue weighted by Crippen LogP contribution is 2.38. The average Bonchev–Trinajstić information content (AvgIpc) is 3.38. The van der Waals surface area contributed by atoms with Gasteiger partial charge in [-0.25, -0.2) is 4.98 Å². The summed E-state index contributed by atoms with van der Waals surface area (Å²) in [5.41, 5.74) is 2.66. The number of aryl methyl sites for hydroxylation is 1. The maximum atomic E-state index is 13.1. The number of nitrogens with one attached hydrogen (secondary N) is 1. The Morgan fingerprint density at radius 2 is 1.91 bits per heavy atom. The van der Waals surface area contributed by atoms with Crippen LogP contribution >= 0.6 is 11.3 Å². The Morgan fingerprint density at radius 1 is 1.09 bits per heavy atom. The van der Waals surface area contributed by atoms with Gasteiger partial charge >= 0.3 is 0 Å². The van der Waals surface area contributed by atoms with Crippen molar-refractivity contribution in [1.82, 2.24) is 15.3 Å². The standard InChI is InChI=1S/C26H31N5O2S/c1-5-31-21-11-9-19(15-22(21)30(4)24(32)26(2,3)25(31)33)17-29-20(23-28-13-14-34-23)10-8-18-7-6-12-27-16-18/h6-7,9,11-16,20,29H,5,8,10,17H2,1-4H3. The summed E-state index contributed by atoms with van der Waals surface area (Å²) in [5, 5.41) is 6.70. The van der Waals surface area contributed by atoms with Crippen molar-refractivity contribution in [1.29, 1.82) is 0 Å². The van der Waals surface area contributed by atoms with Gasteiger partial charge in [0.25, 0.3) is 0 Å². The number of anilines is 2. The fourth-order valence-corrected chi connectivity index (χ4v) is 5.12. The molecule has 1 atom stereocenters. The Morgan fingerprint density at radius 3 is 2.59 bits per heavy atom. The van der Waals surface area contributed by atoms with Gasteiger partial charge in [-0.15, -0.1) is 11.3 Å². The van der Waals surface area contributed by atoms with Crippen molar-refractivity contribution < 1.29 is 9.59 Å². The number of carbonyl (C=O) groups is 2. The molecule has 0 bridgehead atoms. The van der Waals surface area contributed by atoms with Gasteiger partial charge in [-0.3, -0.25) is 14.6 Å². The van der Waals surface area contributed by atoms with Gasteiger partial charge in [-0.2, -0.15) is 0 Å². The lowest BCUT2D eigenvalue weighted by molar-refractivity contribution is -0.137. The molecule has 3 aromatic rings. The molecule has 4 rings (SSSR count). The molecule has 1 N–H and O–H groups in total.